The number of rotatable bonds is 9. The molecule has 0 radical (unpaired) electrons. The zero-order chi connectivity index (χ0) is 32.9. The lowest BCUT2D eigenvalue weighted by Gasteiger charge is -2.45. The lowest BCUT2D eigenvalue weighted by atomic mass is 9.61. The molecule has 3 nitrogen and oxygen atoms in total. The molecule has 0 bridgehead atoms. The normalized spacial score (nSPS) is 34.2. The fourth-order valence-electron chi connectivity index (χ4n) is 7.93. The van der Waals surface area contributed by atoms with E-state index >= 15 is 0 Å². The van der Waals surface area contributed by atoms with Crippen molar-refractivity contribution in [3.05, 3.63) is 47.6 Å². The highest BCUT2D eigenvalue weighted by molar-refractivity contribution is 6.74. The molecule has 0 saturated heterocycles. The van der Waals surface area contributed by atoms with Crippen LogP contribution in [0.4, 0.5) is 0 Å². The van der Waals surface area contributed by atoms with E-state index in [4.69, 9.17) is 8.85 Å². The zero-order valence-corrected chi connectivity index (χ0v) is 32.7. The maximum atomic E-state index is 10.5. The second-order valence-electron chi connectivity index (χ2n) is 18.4. The summed E-state index contributed by atoms with van der Waals surface area (Å²) in [6, 6.07) is 0. The third-order valence-electron chi connectivity index (χ3n) is 13.1. The Bertz CT molecular complexity index is 1130. The van der Waals surface area contributed by atoms with Crippen LogP contribution in [0.15, 0.2) is 47.6 Å². The van der Waals surface area contributed by atoms with Crippen molar-refractivity contribution in [2.24, 2.45) is 29.1 Å². The van der Waals surface area contributed by atoms with Crippen molar-refractivity contribution in [3.63, 3.8) is 0 Å². The molecule has 0 aromatic carbocycles. The molecule has 0 spiro atoms. The molecule has 0 aromatic heterocycles. The standard InChI is InChI=1S/C39H68O3Si2/c1-27(16-23-35(40)30-18-19-30)33-21-22-34-29(15-14-24-39(33,34)9)17-20-31-25-32(41-43(10,11)37(3,4)5)26-36(28(31)2)42-44(12,13)38(6,7)8/h16-17,20,23,27,30,32-36,40H,2,14-15,18-19,21-22,24-26H2,1,3-13H3/b23-16+,29-17-,31-20-/t27-,32-,33+,34+,35+,36+,39-/m1/s1. The first-order valence-corrected chi connectivity index (χ1v) is 23.8. The first kappa shape index (κ1) is 36.1. The predicted molar refractivity (Wildman–Crippen MR) is 194 cm³/mol. The van der Waals surface area contributed by atoms with Gasteiger partial charge in [-0.3, -0.25) is 0 Å². The first-order chi connectivity index (χ1) is 20.2. The molecule has 5 heteroatoms. The molecule has 7 atom stereocenters. The Morgan fingerprint density at radius 3 is 2.11 bits per heavy atom. The van der Waals surface area contributed by atoms with Crippen LogP contribution >= 0.6 is 0 Å². The quantitative estimate of drug-likeness (QED) is 0.201. The van der Waals surface area contributed by atoms with Gasteiger partial charge in [0.25, 0.3) is 0 Å². The maximum Gasteiger partial charge on any atom is 0.192 e. The van der Waals surface area contributed by atoms with Gasteiger partial charge < -0.3 is 14.0 Å². The molecule has 0 aromatic rings. The van der Waals surface area contributed by atoms with Crippen LogP contribution in [0.3, 0.4) is 0 Å². The average molecular weight is 641 g/mol. The topological polar surface area (TPSA) is 38.7 Å². The van der Waals surface area contributed by atoms with E-state index in [9.17, 15) is 5.11 Å². The van der Waals surface area contributed by atoms with Crippen LogP contribution in [0.5, 0.6) is 0 Å². The van der Waals surface area contributed by atoms with Crippen LogP contribution in [-0.4, -0.2) is 40.1 Å². The maximum absolute atomic E-state index is 10.5. The van der Waals surface area contributed by atoms with E-state index in [0.29, 0.717) is 29.1 Å². The van der Waals surface area contributed by atoms with E-state index < -0.39 is 16.6 Å². The highest BCUT2D eigenvalue weighted by atomic mass is 28.4. The predicted octanol–water partition coefficient (Wildman–Crippen LogP) is 11.1. The van der Waals surface area contributed by atoms with E-state index in [-0.39, 0.29) is 28.4 Å². The van der Waals surface area contributed by atoms with Gasteiger partial charge in [0.15, 0.2) is 16.6 Å². The SMILES string of the molecule is C=C1/C(=C\C=C2\CCC[C@@]3(C)[C@H]2CC[C@H]3[C@H](C)/C=C/[C@H](O)C2CC2)C[C@@H](O[Si](C)(C)C(C)(C)C)C[C@@H]1O[Si](C)(C)C(C)(C)C. The summed E-state index contributed by atoms with van der Waals surface area (Å²) in [5, 5.41) is 10.8. The average Bonchev–Trinajstić information content (AvgIpc) is 3.68. The fourth-order valence-corrected chi connectivity index (χ4v) is 10.6. The molecule has 1 N–H and O–H groups in total. The number of aliphatic hydroxyl groups is 1. The van der Waals surface area contributed by atoms with Crippen LogP contribution < -0.4 is 0 Å². The van der Waals surface area contributed by atoms with Gasteiger partial charge in [-0.05, 0) is 128 Å². The molecular formula is C39H68O3Si2. The van der Waals surface area contributed by atoms with Crippen molar-refractivity contribution < 1.29 is 14.0 Å². The smallest absolute Gasteiger partial charge is 0.192 e. The van der Waals surface area contributed by atoms with Crippen molar-refractivity contribution in [1.82, 2.24) is 0 Å². The Morgan fingerprint density at radius 1 is 0.909 bits per heavy atom. The Hall–Kier alpha value is -0.726. The van der Waals surface area contributed by atoms with Crippen LogP contribution in [0.1, 0.15) is 113 Å². The van der Waals surface area contributed by atoms with Crippen molar-refractivity contribution in [2.75, 3.05) is 0 Å². The van der Waals surface area contributed by atoms with Crippen molar-refractivity contribution in [2.45, 2.75) is 168 Å². The third-order valence-corrected chi connectivity index (χ3v) is 22.1. The summed E-state index contributed by atoms with van der Waals surface area (Å²) in [5.41, 5.74) is 4.49. The van der Waals surface area contributed by atoms with Gasteiger partial charge in [0.1, 0.15) is 0 Å². The second kappa shape index (κ2) is 13.1. The monoisotopic (exact) mass is 640 g/mol. The number of fused-ring (bicyclic) bond motifs is 1. The Morgan fingerprint density at radius 2 is 1.52 bits per heavy atom. The highest BCUT2D eigenvalue weighted by Gasteiger charge is 2.50. The molecule has 4 aliphatic carbocycles. The summed E-state index contributed by atoms with van der Waals surface area (Å²) in [6.45, 7) is 33.2. The minimum atomic E-state index is -1.98. The molecule has 0 unspecified atom stereocenters. The molecule has 4 saturated carbocycles. The van der Waals surface area contributed by atoms with Crippen molar-refractivity contribution in [1.29, 1.82) is 0 Å². The third kappa shape index (κ3) is 7.86. The minimum absolute atomic E-state index is 0.0233. The Labute approximate surface area is 274 Å². The van der Waals surface area contributed by atoms with E-state index in [1.807, 2.05) is 0 Å². The molecule has 250 valence electrons. The first-order valence-electron chi connectivity index (χ1n) is 18.0. The van der Waals surface area contributed by atoms with Crippen molar-refractivity contribution in [3.8, 4) is 0 Å². The van der Waals surface area contributed by atoms with Gasteiger partial charge in [-0.2, -0.15) is 0 Å². The zero-order valence-electron chi connectivity index (χ0n) is 30.7. The van der Waals surface area contributed by atoms with Gasteiger partial charge in [-0.15, -0.1) is 0 Å². The molecule has 44 heavy (non-hydrogen) atoms. The molecule has 0 amide bonds. The van der Waals surface area contributed by atoms with E-state index in [0.717, 1.165) is 12.8 Å². The number of allylic oxidation sites excluding steroid dienone is 4. The highest BCUT2D eigenvalue weighted by Crippen LogP contribution is 2.59. The van der Waals surface area contributed by atoms with Gasteiger partial charge in [0.2, 0.25) is 0 Å². The molecule has 4 rings (SSSR count). The number of aliphatic hydroxyl groups excluding tert-OH is 1. The van der Waals surface area contributed by atoms with Gasteiger partial charge in [-0.25, -0.2) is 0 Å². The van der Waals surface area contributed by atoms with Crippen LogP contribution in [0.2, 0.25) is 36.3 Å². The Balaban J connectivity index is 1.57. The summed E-state index contributed by atoms with van der Waals surface area (Å²) in [6.07, 6.45) is 19.9. The van der Waals surface area contributed by atoms with Crippen LogP contribution in [0.25, 0.3) is 0 Å². The van der Waals surface area contributed by atoms with E-state index in [2.05, 4.69) is 112 Å². The fraction of sp³-hybridized carbons (Fsp3) is 0.795. The van der Waals surface area contributed by atoms with Crippen molar-refractivity contribution >= 4 is 16.6 Å². The molecular weight excluding hydrogens is 573 g/mol. The molecule has 4 aliphatic rings. The van der Waals surface area contributed by atoms with Crippen LogP contribution in [-0.2, 0) is 8.85 Å². The summed E-state index contributed by atoms with van der Waals surface area (Å²) >= 11 is 0. The lowest BCUT2D eigenvalue weighted by molar-refractivity contribution is 0.0969. The lowest BCUT2D eigenvalue weighted by Crippen LogP contribution is -2.49. The van der Waals surface area contributed by atoms with E-state index in [1.165, 1.54) is 56.1 Å². The van der Waals surface area contributed by atoms with Gasteiger partial charge >= 0.3 is 0 Å². The second-order valence-corrected chi connectivity index (χ2v) is 27.9. The van der Waals surface area contributed by atoms with Crippen LogP contribution in [0, 0.1) is 29.1 Å². The summed E-state index contributed by atoms with van der Waals surface area (Å²) in [4.78, 5) is 0. The number of hydrogen-bond acceptors (Lipinski definition) is 3. The number of hydrogen-bond donors (Lipinski definition) is 1. The summed E-state index contributed by atoms with van der Waals surface area (Å²) < 4.78 is 14.2. The van der Waals surface area contributed by atoms with E-state index in [1.54, 1.807) is 5.57 Å². The van der Waals surface area contributed by atoms with Gasteiger partial charge in [0, 0.05) is 6.42 Å². The van der Waals surface area contributed by atoms with Gasteiger partial charge in [-0.1, -0.05) is 91.8 Å². The largest absolute Gasteiger partial charge is 0.413 e. The molecule has 0 aliphatic heterocycles. The van der Waals surface area contributed by atoms with Gasteiger partial charge in [0.05, 0.1) is 18.3 Å². The Kier molecular flexibility index (Phi) is 10.7. The summed E-state index contributed by atoms with van der Waals surface area (Å²) in [7, 11) is -3.90. The minimum Gasteiger partial charge on any atom is -0.413 e. The summed E-state index contributed by atoms with van der Waals surface area (Å²) in [5.74, 6) is 2.35. The molecule has 4 fully saturated rings. The molecule has 0 heterocycles.